The lowest BCUT2D eigenvalue weighted by atomic mass is 10.2. The molecule has 1 aliphatic heterocycles. The number of thiophene rings is 1. The van der Waals surface area contributed by atoms with Gasteiger partial charge in [-0.05, 0) is 35.7 Å². The van der Waals surface area contributed by atoms with E-state index < -0.39 is 0 Å². The van der Waals surface area contributed by atoms with Crippen LogP contribution in [0.4, 0.5) is 4.39 Å². The van der Waals surface area contributed by atoms with Crippen LogP contribution in [-0.4, -0.2) is 52.0 Å². The Hall–Kier alpha value is -2.36. The topological polar surface area (TPSA) is 62.5 Å². The van der Waals surface area contributed by atoms with E-state index in [0.717, 1.165) is 9.35 Å². The molecule has 0 bridgehead atoms. The molecule has 1 saturated heterocycles. The Morgan fingerprint density at radius 2 is 2.10 bits per heavy atom. The molecule has 0 spiro atoms. The highest BCUT2D eigenvalue weighted by molar-refractivity contribution is 9.10. The number of rotatable bonds is 5. The first-order valence-electron chi connectivity index (χ1n) is 9.09. The fourth-order valence-electron chi connectivity index (χ4n) is 3.05. The predicted octanol–water partition coefficient (Wildman–Crippen LogP) is 4.06. The van der Waals surface area contributed by atoms with E-state index in [2.05, 4.69) is 31.0 Å². The van der Waals surface area contributed by atoms with Crippen LogP contribution in [0.15, 0.2) is 50.8 Å². The van der Waals surface area contributed by atoms with Crippen LogP contribution in [0.25, 0.3) is 16.8 Å². The van der Waals surface area contributed by atoms with E-state index >= 15 is 0 Å². The molecule has 2 aromatic heterocycles. The van der Waals surface area contributed by atoms with Crippen LogP contribution < -0.4 is 0 Å². The number of amides is 1. The molecule has 3 aromatic rings. The second kappa shape index (κ2) is 8.98. The lowest BCUT2D eigenvalue weighted by Crippen LogP contribution is -2.47. The van der Waals surface area contributed by atoms with Crippen molar-refractivity contribution in [1.29, 1.82) is 0 Å². The highest BCUT2D eigenvalue weighted by Crippen LogP contribution is 2.22. The Balaban J connectivity index is 1.29. The molecule has 29 heavy (non-hydrogen) atoms. The van der Waals surface area contributed by atoms with Gasteiger partial charge in [0.2, 0.25) is 17.6 Å². The van der Waals surface area contributed by atoms with Crippen LogP contribution in [0.1, 0.15) is 11.5 Å². The molecule has 1 aliphatic rings. The van der Waals surface area contributed by atoms with Gasteiger partial charge in [0.1, 0.15) is 5.82 Å². The number of halogens is 2. The van der Waals surface area contributed by atoms with Crippen molar-refractivity contribution in [1.82, 2.24) is 19.9 Å². The van der Waals surface area contributed by atoms with Gasteiger partial charge in [-0.15, -0.1) is 11.3 Å². The van der Waals surface area contributed by atoms with Gasteiger partial charge in [-0.3, -0.25) is 9.69 Å². The predicted molar refractivity (Wildman–Crippen MR) is 113 cm³/mol. The van der Waals surface area contributed by atoms with Crippen LogP contribution in [0, 0.1) is 5.82 Å². The van der Waals surface area contributed by atoms with Crippen molar-refractivity contribution < 1.29 is 13.7 Å². The van der Waals surface area contributed by atoms with Crippen LogP contribution in [0.2, 0.25) is 0 Å². The monoisotopic (exact) mass is 476 g/mol. The summed E-state index contributed by atoms with van der Waals surface area (Å²) < 4.78 is 19.9. The van der Waals surface area contributed by atoms with Crippen molar-refractivity contribution in [3.8, 4) is 10.7 Å². The van der Waals surface area contributed by atoms with Gasteiger partial charge >= 0.3 is 0 Å². The molecule has 9 heteroatoms. The van der Waals surface area contributed by atoms with Gasteiger partial charge in [0, 0.05) is 42.3 Å². The van der Waals surface area contributed by atoms with E-state index in [-0.39, 0.29) is 11.7 Å². The van der Waals surface area contributed by atoms with Crippen molar-refractivity contribution in [3.05, 3.63) is 63.5 Å². The molecule has 0 aliphatic carbocycles. The minimum Gasteiger partial charge on any atom is -0.338 e. The summed E-state index contributed by atoms with van der Waals surface area (Å²) >= 11 is 4.88. The molecule has 0 saturated carbocycles. The number of benzene rings is 1. The summed E-state index contributed by atoms with van der Waals surface area (Å²) in [5.41, 5.74) is 0.379. The molecule has 3 heterocycles. The lowest BCUT2D eigenvalue weighted by molar-refractivity contribution is -0.127. The first-order chi connectivity index (χ1) is 14.1. The second-order valence-electron chi connectivity index (χ2n) is 6.59. The first-order valence-corrected chi connectivity index (χ1v) is 10.8. The highest BCUT2D eigenvalue weighted by Gasteiger charge is 2.21. The summed E-state index contributed by atoms with van der Waals surface area (Å²) in [6.07, 6.45) is 2.94. The Bertz CT molecular complexity index is 1010. The normalized spacial score (nSPS) is 15.3. The number of aromatic nitrogens is 2. The van der Waals surface area contributed by atoms with Gasteiger partial charge < -0.3 is 9.42 Å². The van der Waals surface area contributed by atoms with Gasteiger partial charge in [-0.2, -0.15) is 4.98 Å². The van der Waals surface area contributed by atoms with Gasteiger partial charge in [-0.25, -0.2) is 4.39 Å². The Kier molecular flexibility index (Phi) is 6.17. The number of nitrogens with zero attached hydrogens (tertiary/aromatic N) is 4. The summed E-state index contributed by atoms with van der Waals surface area (Å²) in [7, 11) is 0. The molecule has 4 rings (SSSR count). The maximum absolute atomic E-state index is 13.8. The molecule has 1 fully saturated rings. The zero-order valence-electron chi connectivity index (χ0n) is 15.4. The zero-order chi connectivity index (χ0) is 20.2. The molecule has 1 amide bonds. The number of hydrogen-bond acceptors (Lipinski definition) is 6. The van der Waals surface area contributed by atoms with Crippen LogP contribution in [-0.2, 0) is 11.3 Å². The SMILES string of the molecule is O=C(/C=C/c1cc(Br)ccc1F)N1CCN(Cc2nc(-c3cccs3)no2)CC1. The summed E-state index contributed by atoms with van der Waals surface area (Å²) in [6, 6.07) is 8.55. The average molecular weight is 477 g/mol. The van der Waals surface area contributed by atoms with Crippen LogP contribution in [0.3, 0.4) is 0 Å². The summed E-state index contributed by atoms with van der Waals surface area (Å²) in [4.78, 5) is 21.8. The third-order valence-electron chi connectivity index (χ3n) is 4.62. The Morgan fingerprint density at radius 3 is 2.86 bits per heavy atom. The molecular formula is C20H18BrFN4O2S. The van der Waals surface area contributed by atoms with Crippen molar-refractivity contribution in [3.63, 3.8) is 0 Å². The molecule has 1 aromatic carbocycles. The fraction of sp³-hybridized carbons (Fsp3) is 0.250. The zero-order valence-corrected chi connectivity index (χ0v) is 17.8. The minimum absolute atomic E-state index is 0.123. The molecule has 0 radical (unpaired) electrons. The minimum atomic E-state index is -0.358. The number of carbonyl (C=O) groups is 1. The third kappa shape index (κ3) is 4.98. The van der Waals surface area contributed by atoms with Gasteiger partial charge in [0.05, 0.1) is 11.4 Å². The number of hydrogen-bond donors (Lipinski definition) is 0. The highest BCUT2D eigenvalue weighted by atomic mass is 79.9. The van der Waals surface area contributed by atoms with Gasteiger partial charge in [0.15, 0.2) is 0 Å². The van der Waals surface area contributed by atoms with Crippen molar-refractivity contribution in [2.45, 2.75) is 6.54 Å². The van der Waals surface area contributed by atoms with Gasteiger partial charge in [-0.1, -0.05) is 27.2 Å². The average Bonchev–Trinajstić information content (AvgIpc) is 3.41. The quantitative estimate of drug-likeness (QED) is 0.519. The van der Waals surface area contributed by atoms with Crippen molar-refractivity contribution >= 4 is 39.2 Å². The summed E-state index contributed by atoms with van der Waals surface area (Å²) in [5.74, 6) is 0.692. The molecule has 0 unspecified atom stereocenters. The molecule has 6 nitrogen and oxygen atoms in total. The van der Waals surface area contributed by atoms with Crippen molar-refractivity contribution in [2.24, 2.45) is 0 Å². The lowest BCUT2D eigenvalue weighted by Gasteiger charge is -2.33. The molecule has 0 N–H and O–H groups in total. The maximum Gasteiger partial charge on any atom is 0.246 e. The Labute approximate surface area is 179 Å². The van der Waals surface area contributed by atoms with E-state index in [4.69, 9.17) is 4.52 Å². The van der Waals surface area contributed by atoms with E-state index in [1.54, 1.807) is 28.4 Å². The summed E-state index contributed by atoms with van der Waals surface area (Å²) in [5, 5.41) is 6.00. The number of carbonyl (C=O) groups excluding carboxylic acids is 1. The van der Waals surface area contributed by atoms with E-state index in [9.17, 15) is 9.18 Å². The standard InChI is InChI=1S/C20H18BrFN4O2S/c21-15-4-5-16(22)14(12-15)3-6-19(27)26-9-7-25(8-10-26)13-18-23-20(24-28-18)17-2-1-11-29-17/h1-6,11-12H,7-10,13H2/b6-3+. The molecule has 0 atom stereocenters. The van der Waals surface area contributed by atoms with Crippen LogP contribution >= 0.6 is 27.3 Å². The maximum atomic E-state index is 13.8. The van der Waals surface area contributed by atoms with Crippen molar-refractivity contribution in [2.75, 3.05) is 26.2 Å². The second-order valence-corrected chi connectivity index (χ2v) is 8.45. The smallest absolute Gasteiger partial charge is 0.246 e. The largest absolute Gasteiger partial charge is 0.338 e. The third-order valence-corrected chi connectivity index (χ3v) is 5.98. The first kappa shape index (κ1) is 19.9. The fourth-order valence-corrected chi connectivity index (χ4v) is 4.08. The molecule has 150 valence electrons. The Morgan fingerprint density at radius 1 is 1.28 bits per heavy atom. The van der Waals surface area contributed by atoms with E-state index in [0.29, 0.717) is 50.0 Å². The summed E-state index contributed by atoms with van der Waals surface area (Å²) in [6.45, 7) is 3.16. The number of piperazine rings is 1. The van der Waals surface area contributed by atoms with Crippen LogP contribution in [0.5, 0.6) is 0 Å². The van der Waals surface area contributed by atoms with E-state index in [1.165, 1.54) is 18.2 Å². The van der Waals surface area contributed by atoms with E-state index in [1.807, 2.05) is 17.5 Å². The van der Waals surface area contributed by atoms with Gasteiger partial charge in [0.25, 0.3) is 0 Å². The molecular weight excluding hydrogens is 459 g/mol.